The Hall–Kier alpha value is -2.18. The molecule has 0 unspecified atom stereocenters. The van der Waals surface area contributed by atoms with Crippen molar-refractivity contribution in [1.82, 2.24) is 0 Å². The molecule has 0 bridgehead atoms. The van der Waals surface area contributed by atoms with Crippen molar-refractivity contribution in [1.29, 1.82) is 0 Å². The highest BCUT2D eigenvalue weighted by atomic mass is 19.3. The lowest BCUT2D eigenvalue weighted by molar-refractivity contribution is -0.139. The van der Waals surface area contributed by atoms with Crippen LogP contribution < -0.4 is 10.1 Å². The number of anilines is 1. The van der Waals surface area contributed by atoms with Gasteiger partial charge in [0, 0.05) is 6.42 Å². The average molecular weight is 273 g/mol. The minimum Gasteiger partial charge on any atom is -0.495 e. The SMILES string of the molecule is CCC(F)(F)C(=O)Nc1ccc(C(=O)O)cc1OC. The Morgan fingerprint density at radius 3 is 2.53 bits per heavy atom. The van der Waals surface area contributed by atoms with Crippen molar-refractivity contribution in [2.45, 2.75) is 19.3 Å². The van der Waals surface area contributed by atoms with Gasteiger partial charge in [0.15, 0.2) is 0 Å². The number of alkyl halides is 2. The molecule has 0 spiro atoms. The van der Waals surface area contributed by atoms with Gasteiger partial charge in [-0.15, -0.1) is 0 Å². The van der Waals surface area contributed by atoms with Crippen molar-refractivity contribution in [3.8, 4) is 5.75 Å². The molecule has 1 rings (SSSR count). The van der Waals surface area contributed by atoms with Crippen LogP contribution >= 0.6 is 0 Å². The van der Waals surface area contributed by atoms with E-state index in [2.05, 4.69) is 0 Å². The minimum atomic E-state index is -3.49. The van der Waals surface area contributed by atoms with Crippen molar-refractivity contribution in [3.05, 3.63) is 23.8 Å². The zero-order chi connectivity index (χ0) is 14.6. The first-order valence-electron chi connectivity index (χ1n) is 5.42. The number of hydrogen-bond acceptors (Lipinski definition) is 3. The maximum absolute atomic E-state index is 13.1. The lowest BCUT2D eigenvalue weighted by Gasteiger charge is -2.15. The van der Waals surface area contributed by atoms with Gasteiger partial charge in [-0.1, -0.05) is 6.92 Å². The Morgan fingerprint density at radius 1 is 1.42 bits per heavy atom. The monoisotopic (exact) mass is 273 g/mol. The number of benzene rings is 1. The Labute approximate surface area is 108 Å². The number of nitrogens with one attached hydrogen (secondary N) is 1. The van der Waals surface area contributed by atoms with Gasteiger partial charge in [-0.05, 0) is 18.2 Å². The highest BCUT2D eigenvalue weighted by Gasteiger charge is 2.36. The summed E-state index contributed by atoms with van der Waals surface area (Å²) in [4.78, 5) is 22.1. The molecule has 0 aliphatic carbocycles. The smallest absolute Gasteiger partial charge is 0.335 e. The van der Waals surface area contributed by atoms with E-state index < -0.39 is 24.2 Å². The van der Waals surface area contributed by atoms with E-state index in [1.165, 1.54) is 26.2 Å². The van der Waals surface area contributed by atoms with E-state index in [9.17, 15) is 18.4 Å². The van der Waals surface area contributed by atoms with Gasteiger partial charge in [-0.3, -0.25) is 4.79 Å². The lowest BCUT2D eigenvalue weighted by atomic mass is 10.1. The molecule has 0 heterocycles. The summed E-state index contributed by atoms with van der Waals surface area (Å²) in [6.45, 7) is 1.18. The zero-order valence-corrected chi connectivity index (χ0v) is 10.4. The Balaban J connectivity index is 3.02. The fourth-order valence-corrected chi connectivity index (χ4v) is 1.30. The molecule has 5 nitrogen and oxygen atoms in total. The number of carboxylic acids is 1. The van der Waals surface area contributed by atoms with Crippen molar-refractivity contribution >= 4 is 17.6 Å². The molecule has 7 heteroatoms. The molecule has 104 valence electrons. The van der Waals surface area contributed by atoms with Crippen LogP contribution in [0.25, 0.3) is 0 Å². The number of halogens is 2. The largest absolute Gasteiger partial charge is 0.495 e. The number of carbonyl (C=O) groups excluding carboxylic acids is 1. The van der Waals surface area contributed by atoms with Crippen LogP contribution in [0.5, 0.6) is 5.75 Å². The molecule has 0 fully saturated rings. The second kappa shape index (κ2) is 5.64. The molecule has 1 amide bonds. The average Bonchev–Trinajstić information content (AvgIpc) is 2.38. The molecule has 0 radical (unpaired) electrons. The Morgan fingerprint density at radius 2 is 2.05 bits per heavy atom. The predicted octanol–water partition coefficient (Wildman–Crippen LogP) is 2.38. The van der Waals surface area contributed by atoms with E-state index in [1.54, 1.807) is 0 Å². The molecular formula is C12H13F2NO4. The molecule has 1 aromatic carbocycles. The van der Waals surface area contributed by atoms with Crippen LogP contribution in [-0.2, 0) is 4.79 Å². The number of rotatable bonds is 5. The third-order valence-electron chi connectivity index (χ3n) is 2.47. The van der Waals surface area contributed by atoms with Crippen molar-refractivity contribution in [3.63, 3.8) is 0 Å². The number of ether oxygens (including phenoxy) is 1. The maximum Gasteiger partial charge on any atom is 0.335 e. The van der Waals surface area contributed by atoms with E-state index in [4.69, 9.17) is 9.84 Å². The standard InChI is InChI=1S/C12H13F2NO4/c1-3-12(13,14)11(18)15-8-5-4-7(10(16)17)6-9(8)19-2/h4-6H,3H2,1-2H3,(H,15,18)(H,16,17). The van der Waals surface area contributed by atoms with Gasteiger partial charge in [-0.2, -0.15) is 8.78 Å². The molecule has 0 aliphatic rings. The van der Waals surface area contributed by atoms with E-state index in [0.29, 0.717) is 0 Å². The summed E-state index contributed by atoms with van der Waals surface area (Å²) < 4.78 is 31.1. The first-order valence-corrected chi connectivity index (χ1v) is 5.42. The van der Waals surface area contributed by atoms with Crippen molar-refractivity contribution < 1.29 is 28.2 Å². The second-order valence-corrected chi connectivity index (χ2v) is 3.73. The van der Waals surface area contributed by atoms with Crippen molar-refractivity contribution in [2.75, 3.05) is 12.4 Å². The van der Waals surface area contributed by atoms with Crippen LogP contribution in [-0.4, -0.2) is 30.0 Å². The predicted molar refractivity (Wildman–Crippen MR) is 63.8 cm³/mol. The van der Waals surface area contributed by atoms with Gasteiger partial charge in [0.25, 0.3) is 5.91 Å². The molecule has 0 saturated heterocycles. The summed E-state index contributed by atoms with van der Waals surface area (Å²) in [5, 5.41) is 10.8. The topological polar surface area (TPSA) is 75.6 Å². The first kappa shape index (κ1) is 14.9. The van der Waals surface area contributed by atoms with Gasteiger partial charge in [0.1, 0.15) is 5.75 Å². The number of aromatic carboxylic acids is 1. The first-order chi connectivity index (χ1) is 8.81. The van der Waals surface area contributed by atoms with Crippen molar-refractivity contribution in [2.24, 2.45) is 0 Å². The summed E-state index contributed by atoms with van der Waals surface area (Å²) in [7, 11) is 1.24. The molecule has 1 aromatic rings. The third-order valence-corrected chi connectivity index (χ3v) is 2.47. The van der Waals surface area contributed by atoms with E-state index in [1.807, 2.05) is 5.32 Å². The Bertz CT molecular complexity index is 503. The fourth-order valence-electron chi connectivity index (χ4n) is 1.30. The summed E-state index contributed by atoms with van der Waals surface area (Å²) in [5.41, 5.74) is -0.0808. The van der Waals surface area contributed by atoms with Gasteiger partial charge < -0.3 is 15.2 Å². The molecular weight excluding hydrogens is 260 g/mol. The van der Waals surface area contributed by atoms with E-state index in [0.717, 1.165) is 6.07 Å². The molecule has 0 aliphatic heterocycles. The number of carboxylic acid groups (broad SMARTS) is 1. The lowest BCUT2D eigenvalue weighted by Crippen LogP contribution is -2.33. The van der Waals surface area contributed by atoms with E-state index >= 15 is 0 Å². The van der Waals surface area contributed by atoms with Gasteiger partial charge >= 0.3 is 11.9 Å². The van der Waals surface area contributed by atoms with Crippen LogP contribution in [0.1, 0.15) is 23.7 Å². The number of carbonyl (C=O) groups is 2. The maximum atomic E-state index is 13.1. The molecule has 19 heavy (non-hydrogen) atoms. The Kier molecular flexibility index (Phi) is 4.42. The van der Waals surface area contributed by atoms with Gasteiger partial charge in [0.2, 0.25) is 0 Å². The number of hydrogen-bond donors (Lipinski definition) is 2. The van der Waals surface area contributed by atoms with Gasteiger partial charge in [0.05, 0.1) is 18.4 Å². The van der Waals surface area contributed by atoms with Crippen LogP contribution in [0.15, 0.2) is 18.2 Å². The summed E-state index contributed by atoms with van der Waals surface area (Å²) in [6.07, 6.45) is -0.631. The second-order valence-electron chi connectivity index (χ2n) is 3.73. The summed E-state index contributed by atoms with van der Waals surface area (Å²) in [6, 6.07) is 3.53. The van der Waals surface area contributed by atoms with Crippen LogP contribution in [0.4, 0.5) is 14.5 Å². The third kappa shape index (κ3) is 3.40. The summed E-state index contributed by atoms with van der Waals surface area (Å²) >= 11 is 0. The van der Waals surface area contributed by atoms with Crippen LogP contribution in [0.2, 0.25) is 0 Å². The minimum absolute atomic E-state index is 0.000142. The van der Waals surface area contributed by atoms with E-state index in [-0.39, 0.29) is 17.0 Å². The number of amides is 1. The highest BCUT2D eigenvalue weighted by molar-refractivity contribution is 5.98. The summed E-state index contributed by atoms with van der Waals surface area (Å²) in [5.74, 6) is -6.14. The molecule has 0 saturated carbocycles. The molecule has 0 aromatic heterocycles. The van der Waals surface area contributed by atoms with Gasteiger partial charge in [-0.25, -0.2) is 4.79 Å². The quantitative estimate of drug-likeness (QED) is 0.863. The zero-order valence-electron chi connectivity index (χ0n) is 10.4. The molecule has 2 N–H and O–H groups in total. The normalized spacial score (nSPS) is 10.9. The molecule has 0 atom stereocenters. The van der Waals surface area contributed by atoms with Crippen LogP contribution in [0, 0.1) is 0 Å². The number of methoxy groups -OCH3 is 1. The highest BCUT2D eigenvalue weighted by Crippen LogP contribution is 2.28. The fraction of sp³-hybridized carbons (Fsp3) is 0.333. The van der Waals surface area contributed by atoms with Crippen LogP contribution in [0.3, 0.4) is 0 Å².